The highest BCUT2D eigenvalue weighted by molar-refractivity contribution is 8.04. The molecule has 1 saturated heterocycles. The van der Waals surface area contributed by atoms with E-state index in [9.17, 15) is 22.8 Å². The molecule has 8 nitrogen and oxygen atoms in total. The largest absolute Gasteiger partial charge is 0.389 e. The molecule has 0 spiro atoms. The molecular formula is C18H23F3N6O2S. The van der Waals surface area contributed by atoms with Crippen molar-refractivity contribution in [3.05, 3.63) is 34.4 Å². The Hall–Kier alpha value is -2.50. The summed E-state index contributed by atoms with van der Waals surface area (Å²) in [5, 5.41) is 0. The van der Waals surface area contributed by atoms with Crippen LogP contribution in [0.2, 0.25) is 0 Å². The van der Waals surface area contributed by atoms with E-state index in [1.807, 2.05) is 11.8 Å². The van der Waals surface area contributed by atoms with Crippen molar-refractivity contribution in [2.75, 3.05) is 19.6 Å². The Balaban J connectivity index is 1.74. The van der Waals surface area contributed by atoms with Gasteiger partial charge < -0.3 is 15.5 Å². The van der Waals surface area contributed by atoms with E-state index in [-0.39, 0.29) is 19.0 Å². The minimum absolute atomic E-state index is 0.0324. The van der Waals surface area contributed by atoms with Crippen molar-refractivity contribution >= 4 is 23.7 Å². The summed E-state index contributed by atoms with van der Waals surface area (Å²) in [4.78, 5) is 38.4. The maximum absolute atomic E-state index is 12.9. The van der Waals surface area contributed by atoms with Crippen molar-refractivity contribution in [3.8, 4) is 0 Å². The van der Waals surface area contributed by atoms with Gasteiger partial charge in [-0.05, 0) is 20.3 Å². The monoisotopic (exact) mass is 444 g/mol. The van der Waals surface area contributed by atoms with Crippen molar-refractivity contribution < 1.29 is 22.8 Å². The molecule has 0 saturated carbocycles. The molecule has 3 amide bonds. The number of carbonyl (C=O) groups excluding carboxylic acids is 2. The number of hydrogen-bond acceptors (Lipinski definition) is 6. The van der Waals surface area contributed by atoms with E-state index in [1.165, 1.54) is 16.7 Å². The fourth-order valence-electron chi connectivity index (χ4n) is 3.47. The molecule has 1 atom stereocenters. The Bertz CT molecular complexity index is 863. The number of nitrogens with zero attached hydrogens (tertiary/aromatic N) is 5. The van der Waals surface area contributed by atoms with E-state index < -0.39 is 24.0 Å². The number of aromatic nitrogens is 2. The first kappa shape index (κ1) is 22.2. The summed E-state index contributed by atoms with van der Waals surface area (Å²) in [6.45, 7) is 4.58. The fourth-order valence-corrected chi connectivity index (χ4v) is 4.76. The van der Waals surface area contributed by atoms with Crippen molar-refractivity contribution in [1.82, 2.24) is 24.7 Å². The van der Waals surface area contributed by atoms with Crippen LogP contribution in [0.1, 0.15) is 31.2 Å². The second kappa shape index (κ2) is 8.70. The molecule has 164 valence electrons. The molecule has 3 rings (SSSR count). The number of carbonyl (C=O) groups is 2. The molecule has 0 bridgehead atoms. The zero-order chi connectivity index (χ0) is 22.1. The lowest BCUT2D eigenvalue weighted by Gasteiger charge is -2.33. The van der Waals surface area contributed by atoms with Gasteiger partial charge in [0.2, 0.25) is 0 Å². The molecule has 3 heterocycles. The van der Waals surface area contributed by atoms with Gasteiger partial charge in [-0.3, -0.25) is 19.7 Å². The number of primary amides is 1. The van der Waals surface area contributed by atoms with Crippen LogP contribution in [0.5, 0.6) is 0 Å². The number of aryl methyl sites for hydroxylation is 1. The minimum Gasteiger partial charge on any atom is -0.365 e. The van der Waals surface area contributed by atoms with E-state index in [0.717, 1.165) is 5.69 Å². The van der Waals surface area contributed by atoms with Crippen LogP contribution in [0.15, 0.2) is 23.0 Å². The molecule has 2 N–H and O–H groups in total. The van der Waals surface area contributed by atoms with E-state index in [1.54, 1.807) is 24.2 Å². The Morgan fingerprint density at radius 3 is 2.67 bits per heavy atom. The van der Waals surface area contributed by atoms with Gasteiger partial charge in [0.1, 0.15) is 0 Å². The number of thioether (sulfide) groups is 1. The molecule has 2 aliphatic rings. The fraction of sp³-hybridized carbons (Fsp3) is 0.556. The van der Waals surface area contributed by atoms with Crippen LogP contribution in [0.4, 0.5) is 18.0 Å². The van der Waals surface area contributed by atoms with Crippen LogP contribution in [-0.2, 0) is 11.3 Å². The summed E-state index contributed by atoms with van der Waals surface area (Å²) in [7, 11) is 0. The number of allylic oxidation sites excluding steroid dienone is 1. The van der Waals surface area contributed by atoms with E-state index in [4.69, 9.17) is 5.73 Å². The third-order valence-electron chi connectivity index (χ3n) is 4.89. The zero-order valence-electron chi connectivity index (χ0n) is 16.6. The van der Waals surface area contributed by atoms with Gasteiger partial charge in [-0.1, -0.05) is 11.8 Å². The molecule has 12 heteroatoms. The summed E-state index contributed by atoms with van der Waals surface area (Å²) in [6.07, 6.45) is -2.08. The molecule has 0 aromatic carbocycles. The molecule has 1 unspecified atom stereocenters. The van der Waals surface area contributed by atoms with Crippen molar-refractivity contribution in [2.45, 2.75) is 44.9 Å². The number of amides is 3. The molecule has 1 fully saturated rings. The second-order valence-electron chi connectivity index (χ2n) is 7.18. The van der Waals surface area contributed by atoms with Crippen molar-refractivity contribution in [1.29, 1.82) is 0 Å². The minimum atomic E-state index is -4.24. The summed E-state index contributed by atoms with van der Waals surface area (Å²) >= 11 is 1.17. The van der Waals surface area contributed by atoms with Crippen LogP contribution in [0.3, 0.4) is 0 Å². The first-order chi connectivity index (χ1) is 14.1. The summed E-state index contributed by atoms with van der Waals surface area (Å²) in [6, 6.07) is -0.353. The van der Waals surface area contributed by atoms with Crippen molar-refractivity contribution in [2.24, 2.45) is 5.73 Å². The van der Waals surface area contributed by atoms with Crippen LogP contribution >= 0.6 is 11.8 Å². The van der Waals surface area contributed by atoms with E-state index in [0.29, 0.717) is 35.9 Å². The summed E-state index contributed by atoms with van der Waals surface area (Å²) in [5.74, 6) is -0.589. The van der Waals surface area contributed by atoms with Crippen LogP contribution in [0, 0.1) is 6.92 Å². The summed E-state index contributed by atoms with van der Waals surface area (Å²) in [5.41, 5.74) is 7.00. The lowest BCUT2D eigenvalue weighted by atomic mass is 10.3. The van der Waals surface area contributed by atoms with Gasteiger partial charge in [0.15, 0.2) is 5.50 Å². The van der Waals surface area contributed by atoms with E-state index in [2.05, 4.69) is 9.97 Å². The standard InChI is InChI=1S/C18H23F3N6O2S/c1-11-8-23-9-13(24-11)10-27-12(2)14(15(22)28)30-17(27)26-7-6-25(16(26)29)5-3-4-18(19,20)21/h8-9,17H,3-7,10H2,1-2H3,(H2,22,28). The zero-order valence-corrected chi connectivity index (χ0v) is 17.5. The molecule has 1 aromatic heterocycles. The van der Waals surface area contributed by atoms with Gasteiger partial charge in [0, 0.05) is 37.9 Å². The highest BCUT2D eigenvalue weighted by Crippen LogP contribution is 2.41. The molecule has 0 aliphatic carbocycles. The molecule has 30 heavy (non-hydrogen) atoms. The predicted molar refractivity (Wildman–Crippen MR) is 105 cm³/mol. The van der Waals surface area contributed by atoms with Gasteiger partial charge in [0.25, 0.3) is 5.91 Å². The number of alkyl halides is 3. The number of halogens is 3. The predicted octanol–water partition coefficient (Wildman–Crippen LogP) is 2.41. The number of hydrogen-bond donors (Lipinski definition) is 1. The van der Waals surface area contributed by atoms with Gasteiger partial charge >= 0.3 is 12.2 Å². The van der Waals surface area contributed by atoms with Gasteiger partial charge in [-0.2, -0.15) is 13.2 Å². The Morgan fingerprint density at radius 2 is 2.03 bits per heavy atom. The SMILES string of the molecule is CC1=C(C(N)=O)SC(N2CCN(CCCC(F)(F)F)C2=O)N1Cc1cncc(C)n1. The maximum Gasteiger partial charge on any atom is 0.389 e. The third-order valence-corrected chi connectivity index (χ3v) is 6.34. The van der Waals surface area contributed by atoms with Gasteiger partial charge in [0.05, 0.1) is 29.0 Å². The normalized spacial score (nSPS) is 20.0. The quantitative estimate of drug-likeness (QED) is 0.694. The number of urea groups is 1. The highest BCUT2D eigenvalue weighted by Gasteiger charge is 2.43. The topological polar surface area (TPSA) is 95.7 Å². The highest BCUT2D eigenvalue weighted by atomic mass is 32.2. The molecule has 1 aromatic rings. The van der Waals surface area contributed by atoms with Crippen molar-refractivity contribution in [3.63, 3.8) is 0 Å². The maximum atomic E-state index is 12.9. The smallest absolute Gasteiger partial charge is 0.365 e. The van der Waals surface area contributed by atoms with Gasteiger partial charge in [-0.15, -0.1) is 0 Å². The van der Waals surface area contributed by atoms with E-state index >= 15 is 0 Å². The number of rotatable bonds is 7. The molecule has 0 radical (unpaired) electrons. The summed E-state index contributed by atoms with van der Waals surface area (Å²) < 4.78 is 37.2. The van der Waals surface area contributed by atoms with Crippen LogP contribution in [-0.4, -0.2) is 67.9 Å². The first-order valence-electron chi connectivity index (χ1n) is 9.40. The average Bonchev–Trinajstić information content (AvgIpc) is 3.15. The number of nitrogens with two attached hydrogens (primary N) is 1. The lowest BCUT2D eigenvalue weighted by molar-refractivity contribution is -0.135. The molecule has 2 aliphatic heterocycles. The Labute approximate surface area is 176 Å². The Morgan fingerprint density at radius 1 is 1.30 bits per heavy atom. The lowest BCUT2D eigenvalue weighted by Crippen LogP contribution is -2.45. The molecular weight excluding hydrogens is 421 g/mol. The van der Waals surface area contributed by atoms with Gasteiger partial charge in [-0.25, -0.2) is 4.79 Å². The third kappa shape index (κ3) is 4.97. The van der Waals surface area contributed by atoms with Crippen LogP contribution in [0.25, 0.3) is 0 Å². The Kier molecular flexibility index (Phi) is 6.44. The van der Waals surface area contributed by atoms with Crippen LogP contribution < -0.4 is 5.73 Å². The average molecular weight is 444 g/mol. The second-order valence-corrected chi connectivity index (χ2v) is 8.25. The first-order valence-corrected chi connectivity index (χ1v) is 10.3.